The maximum Gasteiger partial charge on any atom is 0.417 e. The van der Waals surface area contributed by atoms with Crippen LogP contribution in [0.2, 0.25) is 0 Å². The summed E-state index contributed by atoms with van der Waals surface area (Å²) in [6, 6.07) is 4.23. The second-order valence-corrected chi connectivity index (χ2v) is 6.59. The Morgan fingerprint density at radius 2 is 2.00 bits per heavy atom. The van der Waals surface area contributed by atoms with E-state index in [-0.39, 0.29) is 22.6 Å². The first kappa shape index (κ1) is 19.9. The van der Waals surface area contributed by atoms with Gasteiger partial charge in [0, 0.05) is 37.1 Å². The summed E-state index contributed by atoms with van der Waals surface area (Å²) in [6.07, 6.45) is -3.57. The van der Waals surface area contributed by atoms with E-state index in [1.54, 1.807) is 6.92 Å². The molecule has 0 aliphatic carbocycles. The fourth-order valence-electron chi connectivity index (χ4n) is 2.13. The van der Waals surface area contributed by atoms with Gasteiger partial charge in [0.15, 0.2) is 0 Å². The van der Waals surface area contributed by atoms with Gasteiger partial charge < -0.3 is 9.26 Å². The van der Waals surface area contributed by atoms with E-state index in [0.29, 0.717) is 18.2 Å². The molecule has 0 N–H and O–H groups in total. The molecule has 1 unspecified atom stereocenters. The lowest BCUT2D eigenvalue weighted by Gasteiger charge is -2.12. The number of ether oxygens (including phenoxy) is 1. The van der Waals surface area contributed by atoms with Crippen molar-refractivity contribution in [2.75, 3.05) is 7.11 Å². The van der Waals surface area contributed by atoms with Crippen LogP contribution in [0.5, 0.6) is 11.6 Å². The number of benzene rings is 1. The molecule has 2 rings (SSSR count). The van der Waals surface area contributed by atoms with E-state index < -0.39 is 24.7 Å². The van der Waals surface area contributed by atoms with Crippen molar-refractivity contribution in [1.29, 1.82) is 0 Å². The molecule has 1 aromatic carbocycles. The average molecular weight is 390 g/mol. The lowest BCUT2D eigenvalue weighted by Crippen LogP contribution is -2.09. The van der Waals surface area contributed by atoms with Crippen LogP contribution in [0.25, 0.3) is 0 Å². The molecule has 0 spiro atoms. The standard InChI is InChI=1S/C15H14F3N2O5P/c1-3-9-6-11(20(21)22)13(26(23)24-2)7-12(9)25-14-5-4-10(8-19-14)15(16,17)18/h4-8,26H,3H2,1-2H3. The van der Waals surface area contributed by atoms with Crippen LogP contribution in [0.3, 0.4) is 0 Å². The molecule has 1 atom stereocenters. The molecule has 0 aliphatic rings. The van der Waals surface area contributed by atoms with Gasteiger partial charge in [-0.3, -0.25) is 14.7 Å². The van der Waals surface area contributed by atoms with Gasteiger partial charge in [-0.2, -0.15) is 13.2 Å². The van der Waals surface area contributed by atoms with Gasteiger partial charge in [-0.05, 0) is 12.5 Å². The molecule has 11 heteroatoms. The lowest BCUT2D eigenvalue weighted by atomic mass is 10.1. The van der Waals surface area contributed by atoms with Crippen LogP contribution < -0.4 is 10.0 Å². The van der Waals surface area contributed by atoms with Gasteiger partial charge in [-0.15, -0.1) is 0 Å². The van der Waals surface area contributed by atoms with Crippen LogP contribution in [0.4, 0.5) is 18.9 Å². The Balaban J connectivity index is 2.45. The van der Waals surface area contributed by atoms with Crippen molar-refractivity contribution in [3.05, 3.63) is 51.7 Å². The minimum atomic E-state index is -4.53. The molecule has 0 radical (unpaired) electrons. The Morgan fingerprint density at radius 3 is 2.46 bits per heavy atom. The topological polar surface area (TPSA) is 91.6 Å². The summed E-state index contributed by atoms with van der Waals surface area (Å²) < 4.78 is 59.9. The summed E-state index contributed by atoms with van der Waals surface area (Å²) in [5, 5.41) is 11.0. The van der Waals surface area contributed by atoms with Gasteiger partial charge in [-0.25, -0.2) is 4.98 Å². The van der Waals surface area contributed by atoms with Crippen LogP contribution in [-0.4, -0.2) is 17.0 Å². The Morgan fingerprint density at radius 1 is 1.31 bits per heavy atom. The lowest BCUT2D eigenvalue weighted by molar-refractivity contribution is -0.383. The van der Waals surface area contributed by atoms with Crippen molar-refractivity contribution in [3.8, 4) is 11.6 Å². The number of nitrogens with zero attached hydrogens (tertiary/aromatic N) is 2. The minimum absolute atomic E-state index is 0.107. The Bertz CT molecular complexity index is 840. The average Bonchev–Trinajstić information content (AvgIpc) is 2.60. The van der Waals surface area contributed by atoms with E-state index >= 15 is 0 Å². The number of nitro groups is 1. The van der Waals surface area contributed by atoms with E-state index in [0.717, 1.165) is 19.2 Å². The molecule has 7 nitrogen and oxygen atoms in total. The highest BCUT2D eigenvalue weighted by Crippen LogP contribution is 2.34. The highest BCUT2D eigenvalue weighted by atomic mass is 31.1. The van der Waals surface area contributed by atoms with Crippen molar-refractivity contribution in [2.24, 2.45) is 0 Å². The van der Waals surface area contributed by atoms with Gasteiger partial charge >= 0.3 is 6.18 Å². The summed E-state index contributed by atoms with van der Waals surface area (Å²) in [7, 11) is -1.74. The number of hydrogen-bond donors (Lipinski definition) is 0. The highest BCUT2D eigenvalue weighted by molar-refractivity contribution is 7.48. The molecular weight excluding hydrogens is 376 g/mol. The summed E-state index contributed by atoms with van der Waals surface area (Å²) in [6.45, 7) is 1.71. The zero-order chi connectivity index (χ0) is 19.5. The monoisotopic (exact) mass is 390 g/mol. The SMILES string of the molecule is CCc1cc([N+](=O)[O-])c([PH](=O)OC)cc1Oc1ccc(C(F)(F)F)cn1. The Labute approximate surface area is 146 Å². The molecule has 1 heterocycles. The minimum Gasteiger partial charge on any atom is -0.439 e. The number of halogens is 3. The number of rotatable bonds is 6. The largest absolute Gasteiger partial charge is 0.439 e. The smallest absolute Gasteiger partial charge is 0.417 e. The molecule has 0 fully saturated rings. The van der Waals surface area contributed by atoms with Crippen LogP contribution in [0, 0.1) is 10.1 Å². The Hall–Kier alpha value is -2.45. The van der Waals surface area contributed by atoms with Gasteiger partial charge in [0.05, 0.1) is 10.5 Å². The number of alkyl halides is 3. The molecule has 1 aromatic heterocycles. The third kappa shape index (κ3) is 4.39. The van der Waals surface area contributed by atoms with Crippen molar-refractivity contribution in [1.82, 2.24) is 4.98 Å². The first-order chi connectivity index (χ1) is 12.2. The van der Waals surface area contributed by atoms with E-state index in [9.17, 15) is 27.9 Å². The molecule has 0 aliphatic heterocycles. The van der Waals surface area contributed by atoms with Crippen LogP contribution >= 0.6 is 8.03 Å². The van der Waals surface area contributed by atoms with Crippen molar-refractivity contribution < 1.29 is 31.9 Å². The number of hydrogen-bond acceptors (Lipinski definition) is 6. The fraction of sp³-hybridized carbons (Fsp3) is 0.267. The van der Waals surface area contributed by atoms with Crippen molar-refractivity contribution >= 4 is 19.0 Å². The van der Waals surface area contributed by atoms with Crippen LogP contribution in [0.1, 0.15) is 18.1 Å². The van der Waals surface area contributed by atoms with Gasteiger partial charge in [0.25, 0.3) is 5.69 Å². The third-order valence-corrected chi connectivity index (χ3v) is 4.65. The molecule has 26 heavy (non-hydrogen) atoms. The van der Waals surface area contributed by atoms with Crippen molar-refractivity contribution in [3.63, 3.8) is 0 Å². The normalized spacial score (nSPS) is 12.7. The second-order valence-electron chi connectivity index (χ2n) is 5.06. The van der Waals surface area contributed by atoms with E-state index in [1.165, 1.54) is 12.1 Å². The quantitative estimate of drug-likeness (QED) is 0.419. The van der Waals surface area contributed by atoms with Gasteiger partial charge in [-0.1, -0.05) is 6.92 Å². The number of aromatic nitrogens is 1. The molecule has 0 saturated heterocycles. The van der Waals surface area contributed by atoms with Crippen LogP contribution in [-0.2, 0) is 21.7 Å². The molecule has 0 saturated carbocycles. The fourth-order valence-corrected chi connectivity index (χ4v) is 2.97. The van der Waals surface area contributed by atoms with Gasteiger partial charge in [0.1, 0.15) is 11.1 Å². The summed E-state index contributed by atoms with van der Waals surface area (Å²) in [5.41, 5.74) is -0.900. The first-order valence-electron chi connectivity index (χ1n) is 7.28. The molecular formula is C15H14F3N2O5P. The molecule has 140 valence electrons. The third-order valence-electron chi connectivity index (χ3n) is 3.44. The number of pyridine rings is 1. The predicted molar refractivity (Wildman–Crippen MR) is 87.4 cm³/mol. The molecule has 0 bridgehead atoms. The maximum atomic E-state index is 12.6. The molecule has 2 aromatic rings. The van der Waals surface area contributed by atoms with E-state index in [1.807, 2.05) is 0 Å². The Kier molecular flexibility index (Phi) is 5.99. The zero-order valence-electron chi connectivity index (χ0n) is 13.7. The molecule has 0 amide bonds. The summed E-state index contributed by atoms with van der Waals surface area (Å²) >= 11 is 0. The first-order valence-corrected chi connectivity index (χ1v) is 8.59. The summed E-state index contributed by atoms with van der Waals surface area (Å²) in [5.74, 6) is -0.0275. The van der Waals surface area contributed by atoms with Crippen LogP contribution in [0.15, 0.2) is 30.5 Å². The number of aryl methyl sites for hydroxylation is 1. The zero-order valence-corrected chi connectivity index (χ0v) is 14.7. The maximum absolute atomic E-state index is 12.6. The number of nitro benzene ring substituents is 1. The predicted octanol–water partition coefficient (Wildman–Crippen LogP) is 4.11. The van der Waals surface area contributed by atoms with E-state index in [2.05, 4.69) is 4.98 Å². The van der Waals surface area contributed by atoms with Gasteiger partial charge in [0.2, 0.25) is 13.9 Å². The second kappa shape index (κ2) is 7.84. The highest BCUT2D eigenvalue weighted by Gasteiger charge is 2.31. The summed E-state index contributed by atoms with van der Waals surface area (Å²) in [4.78, 5) is 14.1. The van der Waals surface area contributed by atoms with E-state index in [4.69, 9.17) is 9.26 Å². The van der Waals surface area contributed by atoms with Crippen molar-refractivity contribution in [2.45, 2.75) is 19.5 Å².